The zero-order valence-electron chi connectivity index (χ0n) is 13.1. The van der Waals surface area contributed by atoms with E-state index in [1.54, 1.807) is 0 Å². The SMILES string of the molecule is Nc1ccc([N+](=O)[O-])cc1C(=O)OCc1nc(-c2ccc(F)cc2)no1. The topological polar surface area (TPSA) is 134 Å². The van der Waals surface area contributed by atoms with Crippen molar-refractivity contribution in [2.45, 2.75) is 6.61 Å². The Morgan fingerprint density at radius 1 is 1.27 bits per heavy atom. The molecule has 0 aliphatic carbocycles. The number of nitrogens with zero attached hydrogens (tertiary/aromatic N) is 3. The third kappa shape index (κ3) is 3.64. The van der Waals surface area contributed by atoms with Crippen molar-refractivity contribution in [3.63, 3.8) is 0 Å². The summed E-state index contributed by atoms with van der Waals surface area (Å²) < 4.78 is 22.9. The van der Waals surface area contributed by atoms with Crippen LogP contribution >= 0.6 is 0 Å². The number of hydrogen-bond acceptors (Lipinski definition) is 8. The lowest BCUT2D eigenvalue weighted by atomic mass is 10.1. The summed E-state index contributed by atoms with van der Waals surface area (Å²) in [5.41, 5.74) is 5.78. The molecule has 0 aliphatic rings. The molecule has 1 aromatic heterocycles. The van der Waals surface area contributed by atoms with Gasteiger partial charge >= 0.3 is 5.97 Å². The van der Waals surface area contributed by atoms with Gasteiger partial charge in [-0.15, -0.1) is 0 Å². The predicted octanol–water partition coefficient (Wildman–Crippen LogP) is 2.72. The molecule has 2 N–H and O–H groups in total. The summed E-state index contributed by atoms with van der Waals surface area (Å²) in [5, 5.41) is 14.5. The lowest BCUT2D eigenvalue weighted by molar-refractivity contribution is -0.384. The number of esters is 1. The van der Waals surface area contributed by atoms with Crippen LogP contribution in [0.3, 0.4) is 0 Å². The molecule has 3 rings (SSSR count). The van der Waals surface area contributed by atoms with Crippen LogP contribution in [-0.4, -0.2) is 21.0 Å². The van der Waals surface area contributed by atoms with Crippen molar-refractivity contribution in [2.75, 3.05) is 5.73 Å². The van der Waals surface area contributed by atoms with E-state index in [9.17, 15) is 19.3 Å². The van der Waals surface area contributed by atoms with Gasteiger partial charge in [0.25, 0.3) is 11.6 Å². The number of rotatable bonds is 5. The molecule has 9 nitrogen and oxygen atoms in total. The number of nitrogen functional groups attached to an aromatic ring is 1. The summed E-state index contributed by atoms with van der Waals surface area (Å²) in [7, 11) is 0. The smallest absolute Gasteiger partial charge is 0.341 e. The van der Waals surface area contributed by atoms with Gasteiger partial charge in [0.2, 0.25) is 5.82 Å². The maximum atomic E-state index is 12.9. The van der Waals surface area contributed by atoms with Crippen molar-refractivity contribution in [1.29, 1.82) is 0 Å². The Balaban J connectivity index is 1.70. The van der Waals surface area contributed by atoms with Crippen molar-refractivity contribution in [3.05, 3.63) is 69.9 Å². The molecule has 0 aliphatic heterocycles. The van der Waals surface area contributed by atoms with Gasteiger partial charge in [-0.25, -0.2) is 9.18 Å². The van der Waals surface area contributed by atoms with Gasteiger partial charge in [-0.2, -0.15) is 4.98 Å². The van der Waals surface area contributed by atoms with Crippen LogP contribution in [0.1, 0.15) is 16.2 Å². The first-order valence-corrected chi connectivity index (χ1v) is 7.23. The molecule has 0 radical (unpaired) electrons. The molecule has 0 bridgehead atoms. The molecular weight excluding hydrogens is 347 g/mol. The molecule has 0 unspecified atom stereocenters. The van der Waals surface area contributed by atoms with E-state index in [-0.39, 0.29) is 35.3 Å². The van der Waals surface area contributed by atoms with E-state index in [0.29, 0.717) is 5.56 Å². The number of halogens is 1. The molecule has 10 heteroatoms. The second kappa shape index (κ2) is 6.97. The first kappa shape index (κ1) is 17.0. The molecule has 0 spiro atoms. The van der Waals surface area contributed by atoms with E-state index >= 15 is 0 Å². The van der Waals surface area contributed by atoms with Crippen LogP contribution in [0.5, 0.6) is 0 Å². The van der Waals surface area contributed by atoms with Crippen LogP contribution in [0, 0.1) is 15.9 Å². The van der Waals surface area contributed by atoms with Crippen molar-refractivity contribution >= 4 is 17.3 Å². The Morgan fingerprint density at radius 2 is 2.00 bits per heavy atom. The summed E-state index contributed by atoms with van der Waals surface area (Å²) in [6, 6.07) is 8.88. The number of hydrogen-bond donors (Lipinski definition) is 1. The van der Waals surface area contributed by atoms with E-state index in [0.717, 1.165) is 6.07 Å². The first-order chi connectivity index (χ1) is 12.4. The maximum absolute atomic E-state index is 12.9. The average Bonchev–Trinajstić information content (AvgIpc) is 3.09. The zero-order chi connectivity index (χ0) is 18.7. The van der Waals surface area contributed by atoms with Gasteiger partial charge in [-0.1, -0.05) is 5.16 Å². The van der Waals surface area contributed by atoms with E-state index in [4.69, 9.17) is 15.0 Å². The van der Waals surface area contributed by atoms with E-state index in [1.807, 2.05) is 0 Å². The number of anilines is 1. The van der Waals surface area contributed by atoms with Crippen molar-refractivity contribution in [1.82, 2.24) is 10.1 Å². The van der Waals surface area contributed by atoms with Gasteiger partial charge < -0.3 is 15.0 Å². The van der Waals surface area contributed by atoms with Crippen LogP contribution in [0.15, 0.2) is 47.0 Å². The number of ether oxygens (including phenoxy) is 1. The largest absolute Gasteiger partial charge is 0.452 e. The van der Waals surface area contributed by atoms with Crippen LogP contribution in [0.4, 0.5) is 15.8 Å². The second-order valence-corrected chi connectivity index (χ2v) is 5.12. The van der Waals surface area contributed by atoms with Gasteiger partial charge in [-0.3, -0.25) is 10.1 Å². The predicted molar refractivity (Wildman–Crippen MR) is 86.3 cm³/mol. The summed E-state index contributed by atoms with van der Waals surface area (Å²) in [6.45, 7) is -0.352. The fourth-order valence-electron chi connectivity index (χ4n) is 2.07. The highest BCUT2D eigenvalue weighted by atomic mass is 19.1. The minimum absolute atomic E-state index is 0.00155. The number of nitro benzene ring substituents is 1. The molecule has 1 heterocycles. The Morgan fingerprint density at radius 3 is 2.69 bits per heavy atom. The third-order valence-corrected chi connectivity index (χ3v) is 3.36. The number of carbonyl (C=O) groups is 1. The van der Waals surface area contributed by atoms with Crippen LogP contribution in [-0.2, 0) is 11.3 Å². The molecule has 3 aromatic rings. The van der Waals surface area contributed by atoms with Crippen LogP contribution < -0.4 is 5.73 Å². The lowest BCUT2D eigenvalue weighted by Gasteiger charge is -2.04. The standard InChI is InChI=1S/C16H11FN4O5/c17-10-3-1-9(2-4-10)15-19-14(26-20-15)8-25-16(22)12-7-11(21(23)24)5-6-13(12)18/h1-7H,8,18H2. The van der Waals surface area contributed by atoms with E-state index < -0.39 is 16.7 Å². The number of non-ortho nitro benzene ring substituents is 1. The lowest BCUT2D eigenvalue weighted by Crippen LogP contribution is -2.09. The Kier molecular flexibility index (Phi) is 4.56. The molecular formula is C16H11FN4O5. The van der Waals surface area contributed by atoms with Gasteiger partial charge in [-0.05, 0) is 30.3 Å². The van der Waals surface area contributed by atoms with E-state index in [1.165, 1.54) is 36.4 Å². The van der Waals surface area contributed by atoms with Crippen LogP contribution in [0.2, 0.25) is 0 Å². The number of nitrogens with two attached hydrogens (primary N) is 1. The fourth-order valence-corrected chi connectivity index (χ4v) is 2.07. The molecule has 0 fully saturated rings. The van der Waals surface area contributed by atoms with Gasteiger partial charge in [0.15, 0.2) is 6.61 Å². The van der Waals surface area contributed by atoms with E-state index in [2.05, 4.69) is 10.1 Å². The normalized spacial score (nSPS) is 10.5. The molecule has 0 saturated carbocycles. The second-order valence-electron chi connectivity index (χ2n) is 5.12. The number of aromatic nitrogens is 2. The highest BCUT2D eigenvalue weighted by Gasteiger charge is 2.18. The average molecular weight is 358 g/mol. The van der Waals surface area contributed by atoms with Crippen molar-refractivity contribution in [2.24, 2.45) is 0 Å². The summed E-state index contributed by atoms with van der Waals surface area (Å²) >= 11 is 0. The first-order valence-electron chi connectivity index (χ1n) is 7.23. The van der Waals surface area contributed by atoms with Gasteiger partial charge in [0.05, 0.1) is 10.5 Å². The van der Waals surface area contributed by atoms with Gasteiger partial charge in [0.1, 0.15) is 5.82 Å². The highest BCUT2D eigenvalue weighted by molar-refractivity contribution is 5.95. The summed E-state index contributed by atoms with van der Waals surface area (Å²) in [6.07, 6.45) is 0. The van der Waals surface area contributed by atoms with Gasteiger partial charge in [0, 0.05) is 23.4 Å². The molecule has 0 amide bonds. The molecule has 0 saturated heterocycles. The van der Waals surface area contributed by atoms with Crippen molar-refractivity contribution < 1.29 is 23.4 Å². The molecule has 132 valence electrons. The molecule has 0 atom stereocenters. The number of nitro groups is 1. The molecule has 26 heavy (non-hydrogen) atoms. The number of benzene rings is 2. The van der Waals surface area contributed by atoms with Crippen molar-refractivity contribution in [3.8, 4) is 11.4 Å². The number of carbonyl (C=O) groups excluding carboxylic acids is 1. The minimum atomic E-state index is -0.868. The summed E-state index contributed by atoms with van der Waals surface area (Å²) in [4.78, 5) is 26.2. The quantitative estimate of drug-likeness (QED) is 0.318. The fraction of sp³-hybridized carbons (Fsp3) is 0.0625. The summed E-state index contributed by atoms with van der Waals surface area (Å²) in [5.74, 6) is -1.07. The Bertz CT molecular complexity index is 971. The minimum Gasteiger partial charge on any atom is -0.452 e. The Labute approximate surface area is 145 Å². The maximum Gasteiger partial charge on any atom is 0.341 e. The zero-order valence-corrected chi connectivity index (χ0v) is 13.1. The third-order valence-electron chi connectivity index (χ3n) is 3.36. The highest BCUT2D eigenvalue weighted by Crippen LogP contribution is 2.21. The van der Waals surface area contributed by atoms with Crippen LogP contribution in [0.25, 0.3) is 11.4 Å². The Hall–Kier alpha value is -3.82. The molecule has 2 aromatic carbocycles. The monoisotopic (exact) mass is 358 g/mol.